The maximum atomic E-state index is 12.0. The number of alkyl halides is 3. The number of nitrogens with one attached hydrogen (secondary N) is 1. The summed E-state index contributed by atoms with van der Waals surface area (Å²) in [5.74, 6) is 0.475. The van der Waals surface area contributed by atoms with Crippen molar-refractivity contribution in [2.24, 2.45) is 5.92 Å². The zero-order valence-corrected chi connectivity index (χ0v) is 8.90. The first-order valence-corrected chi connectivity index (χ1v) is 5.27. The molecule has 15 heavy (non-hydrogen) atoms. The standard InChI is InChI=1S/C10H18F3NO/c1-9(7-15,5-8-3-2-4-8)14-6-10(11,12)13/h8,14-15H,2-7H2,1H3. The van der Waals surface area contributed by atoms with E-state index < -0.39 is 18.3 Å². The molecule has 0 aromatic carbocycles. The van der Waals surface area contributed by atoms with Gasteiger partial charge in [-0.2, -0.15) is 13.2 Å². The third-order valence-corrected chi connectivity index (χ3v) is 3.03. The summed E-state index contributed by atoms with van der Waals surface area (Å²) in [5, 5.41) is 11.5. The molecule has 0 bridgehead atoms. The molecule has 1 aliphatic carbocycles. The van der Waals surface area contributed by atoms with E-state index in [1.54, 1.807) is 6.92 Å². The van der Waals surface area contributed by atoms with E-state index in [-0.39, 0.29) is 6.61 Å². The average Bonchev–Trinajstić information content (AvgIpc) is 2.07. The Morgan fingerprint density at radius 3 is 2.27 bits per heavy atom. The van der Waals surface area contributed by atoms with Crippen molar-refractivity contribution in [1.82, 2.24) is 5.32 Å². The highest BCUT2D eigenvalue weighted by molar-refractivity contribution is 4.88. The van der Waals surface area contributed by atoms with Crippen molar-refractivity contribution in [2.75, 3.05) is 13.2 Å². The molecular formula is C10H18F3NO. The third-order valence-electron chi connectivity index (χ3n) is 3.03. The van der Waals surface area contributed by atoms with Gasteiger partial charge in [-0.3, -0.25) is 0 Å². The highest BCUT2D eigenvalue weighted by Crippen LogP contribution is 2.33. The Morgan fingerprint density at radius 2 is 1.93 bits per heavy atom. The molecule has 0 amide bonds. The lowest BCUT2D eigenvalue weighted by molar-refractivity contribution is -0.130. The molecule has 1 atom stereocenters. The fourth-order valence-electron chi connectivity index (χ4n) is 1.84. The van der Waals surface area contributed by atoms with Crippen molar-refractivity contribution in [3.63, 3.8) is 0 Å². The minimum atomic E-state index is -4.21. The van der Waals surface area contributed by atoms with Crippen molar-refractivity contribution in [3.8, 4) is 0 Å². The highest BCUT2D eigenvalue weighted by Gasteiger charge is 2.35. The van der Waals surface area contributed by atoms with Crippen LogP contribution in [0.1, 0.15) is 32.6 Å². The van der Waals surface area contributed by atoms with Gasteiger partial charge in [0.1, 0.15) is 0 Å². The second kappa shape index (κ2) is 4.70. The van der Waals surface area contributed by atoms with Crippen LogP contribution in [0.5, 0.6) is 0 Å². The number of hydrogen-bond acceptors (Lipinski definition) is 2. The van der Waals surface area contributed by atoms with Crippen molar-refractivity contribution in [2.45, 2.75) is 44.3 Å². The number of aliphatic hydroxyl groups excluding tert-OH is 1. The third kappa shape index (κ3) is 4.38. The summed E-state index contributed by atoms with van der Waals surface area (Å²) in [6, 6.07) is 0. The van der Waals surface area contributed by atoms with Crippen LogP contribution in [0.4, 0.5) is 13.2 Å². The largest absolute Gasteiger partial charge is 0.401 e. The Labute approximate surface area is 87.9 Å². The molecule has 1 unspecified atom stereocenters. The molecule has 90 valence electrons. The van der Waals surface area contributed by atoms with Crippen molar-refractivity contribution in [3.05, 3.63) is 0 Å². The molecule has 2 N–H and O–H groups in total. The van der Waals surface area contributed by atoms with Gasteiger partial charge < -0.3 is 10.4 Å². The van der Waals surface area contributed by atoms with E-state index in [0.717, 1.165) is 19.3 Å². The first-order valence-electron chi connectivity index (χ1n) is 5.27. The van der Waals surface area contributed by atoms with Crippen molar-refractivity contribution >= 4 is 0 Å². The minimum absolute atomic E-state index is 0.250. The van der Waals surface area contributed by atoms with Gasteiger partial charge in [-0.1, -0.05) is 19.3 Å². The Balaban J connectivity index is 2.37. The zero-order chi connectivity index (χ0) is 11.5. The van der Waals surface area contributed by atoms with Crippen LogP contribution in [-0.2, 0) is 0 Å². The first-order chi connectivity index (χ1) is 6.85. The molecule has 0 aromatic rings. The van der Waals surface area contributed by atoms with Crippen LogP contribution >= 0.6 is 0 Å². The van der Waals surface area contributed by atoms with Crippen LogP contribution in [0.3, 0.4) is 0 Å². The maximum absolute atomic E-state index is 12.0. The first kappa shape index (κ1) is 12.8. The van der Waals surface area contributed by atoms with Gasteiger partial charge >= 0.3 is 6.18 Å². The lowest BCUT2D eigenvalue weighted by Crippen LogP contribution is -2.51. The lowest BCUT2D eigenvalue weighted by atomic mass is 9.77. The van der Waals surface area contributed by atoms with Gasteiger partial charge in [0.05, 0.1) is 13.2 Å². The summed E-state index contributed by atoms with van der Waals surface area (Å²) < 4.78 is 36.0. The van der Waals surface area contributed by atoms with Gasteiger partial charge in [0, 0.05) is 5.54 Å². The maximum Gasteiger partial charge on any atom is 0.401 e. The molecule has 5 heteroatoms. The lowest BCUT2D eigenvalue weighted by Gasteiger charge is -2.36. The average molecular weight is 225 g/mol. The molecule has 1 rings (SSSR count). The predicted octanol–water partition coefficient (Wildman–Crippen LogP) is 2.08. The van der Waals surface area contributed by atoms with Gasteiger partial charge in [-0.15, -0.1) is 0 Å². The summed E-state index contributed by atoms with van der Waals surface area (Å²) in [6.07, 6.45) is -0.284. The summed E-state index contributed by atoms with van der Waals surface area (Å²) in [4.78, 5) is 0. The van der Waals surface area contributed by atoms with E-state index in [9.17, 15) is 13.2 Å². The van der Waals surface area contributed by atoms with E-state index in [1.807, 2.05) is 0 Å². The monoisotopic (exact) mass is 225 g/mol. The van der Waals surface area contributed by atoms with Gasteiger partial charge in [0.25, 0.3) is 0 Å². The Kier molecular flexibility index (Phi) is 4.00. The van der Waals surface area contributed by atoms with E-state index in [2.05, 4.69) is 5.32 Å². The molecule has 1 fully saturated rings. The molecule has 0 heterocycles. The second-order valence-electron chi connectivity index (χ2n) is 4.69. The Bertz CT molecular complexity index is 203. The van der Waals surface area contributed by atoms with Crippen molar-refractivity contribution in [1.29, 1.82) is 0 Å². The van der Waals surface area contributed by atoms with Gasteiger partial charge in [0.2, 0.25) is 0 Å². The Morgan fingerprint density at radius 1 is 1.33 bits per heavy atom. The molecule has 0 radical (unpaired) electrons. The van der Waals surface area contributed by atoms with E-state index in [0.29, 0.717) is 12.3 Å². The smallest absolute Gasteiger partial charge is 0.394 e. The number of halogens is 3. The summed E-state index contributed by atoms with van der Waals surface area (Å²) in [6.45, 7) is 0.368. The molecule has 0 aliphatic heterocycles. The van der Waals surface area contributed by atoms with Crippen molar-refractivity contribution < 1.29 is 18.3 Å². The normalized spacial score (nSPS) is 22.2. The van der Waals surface area contributed by atoms with E-state index in [1.165, 1.54) is 0 Å². The number of rotatable bonds is 5. The van der Waals surface area contributed by atoms with Gasteiger partial charge in [0.15, 0.2) is 0 Å². The van der Waals surface area contributed by atoms with Crippen LogP contribution in [0.2, 0.25) is 0 Å². The van der Waals surface area contributed by atoms with Crippen LogP contribution in [0.25, 0.3) is 0 Å². The quantitative estimate of drug-likeness (QED) is 0.750. The van der Waals surface area contributed by atoms with Gasteiger partial charge in [-0.25, -0.2) is 0 Å². The summed E-state index contributed by atoms with van der Waals surface area (Å²) >= 11 is 0. The molecule has 2 nitrogen and oxygen atoms in total. The number of hydrogen-bond donors (Lipinski definition) is 2. The van der Waals surface area contributed by atoms with E-state index >= 15 is 0 Å². The minimum Gasteiger partial charge on any atom is -0.394 e. The van der Waals surface area contributed by atoms with Crippen LogP contribution in [0.15, 0.2) is 0 Å². The molecule has 1 saturated carbocycles. The van der Waals surface area contributed by atoms with Gasteiger partial charge in [-0.05, 0) is 19.3 Å². The molecular weight excluding hydrogens is 207 g/mol. The summed E-state index contributed by atoms with van der Waals surface area (Å²) in [5.41, 5.74) is -0.791. The zero-order valence-electron chi connectivity index (χ0n) is 8.90. The molecule has 0 spiro atoms. The molecule has 0 saturated heterocycles. The van der Waals surface area contributed by atoms with Crippen LogP contribution < -0.4 is 5.32 Å². The summed E-state index contributed by atoms with van der Waals surface area (Å²) in [7, 11) is 0. The Hall–Kier alpha value is -0.290. The highest BCUT2D eigenvalue weighted by atomic mass is 19.4. The van der Waals surface area contributed by atoms with Crippen LogP contribution in [-0.4, -0.2) is 30.0 Å². The fraction of sp³-hybridized carbons (Fsp3) is 1.00. The van der Waals surface area contributed by atoms with E-state index in [4.69, 9.17) is 5.11 Å². The molecule has 1 aliphatic rings. The topological polar surface area (TPSA) is 32.3 Å². The fourth-order valence-corrected chi connectivity index (χ4v) is 1.84. The second-order valence-corrected chi connectivity index (χ2v) is 4.69. The SMILES string of the molecule is CC(CO)(CC1CCC1)NCC(F)(F)F. The molecule has 0 aromatic heterocycles. The number of aliphatic hydroxyl groups is 1. The van der Waals surface area contributed by atoms with Crippen LogP contribution in [0, 0.1) is 5.92 Å². The predicted molar refractivity (Wildman–Crippen MR) is 51.5 cm³/mol.